The van der Waals surface area contributed by atoms with Crippen LogP contribution < -0.4 is 9.47 Å². The molecule has 0 heterocycles. The normalized spacial score (nSPS) is 34.6. The molecule has 0 bridgehead atoms. The molecule has 1 aromatic carbocycles. The van der Waals surface area contributed by atoms with E-state index in [0.29, 0.717) is 11.3 Å². The van der Waals surface area contributed by atoms with Gasteiger partial charge in [-0.15, -0.1) is 0 Å². The predicted molar refractivity (Wildman–Crippen MR) is 115 cm³/mol. The lowest BCUT2D eigenvalue weighted by Crippen LogP contribution is -2.58. The molecule has 3 heteroatoms. The molecule has 4 unspecified atom stereocenters. The van der Waals surface area contributed by atoms with E-state index in [-0.39, 0.29) is 11.3 Å². The van der Waals surface area contributed by atoms with Crippen LogP contribution in [0.5, 0.6) is 11.5 Å². The Morgan fingerprint density at radius 3 is 2.18 bits per heavy atom. The molecular weight excluding hydrogens is 348 g/mol. The fourth-order valence-corrected chi connectivity index (χ4v) is 6.83. The summed E-state index contributed by atoms with van der Waals surface area (Å²) < 4.78 is 11.5. The van der Waals surface area contributed by atoms with Crippen LogP contribution in [-0.2, 0) is 12.8 Å². The quantitative estimate of drug-likeness (QED) is 0.692. The zero-order valence-corrected chi connectivity index (χ0v) is 19.0. The topological polar surface area (TPSA) is 38.7 Å². The maximum absolute atomic E-state index is 11.5. The van der Waals surface area contributed by atoms with Crippen molar-refractivity contribution in [1.29, 1.82) is 0 Å². The van der Waals surface area contributed by atoms with Crippen LogP contribution >= 0.6 is 0 Å². The molecule has 4 atom stereocenters. The Bertz CT molecular complexity index is 706. The number of rotatable bonds is 5. The van der Waals surface area contributed by atoms with Gasteiger partial charge in [0, 0.05) is 0 Å². The predicted octanol–water partition coefficient (Wildman–Crippen LogP) is 5.80. The summed E-state index contributed by atoms with van der Waals surface area (Å²) in [5.74, 6) is 2.56. The maximum atomic E-state index is 11.5. The molecule has 2 saturated carbocycles. The molecule has 2 fully saturated rings. The van der Waals surface area contributed by atoms with Crippen molar-refractivity contribution in [3.8, 4) is 11.5 Å². The first-order chi connectivity index (χ1) is 13.1. The van der Waals surface area contributed by atoms with E-state index in [9.17, 15) is 5.11 Å². The summed E-state index contributed by atoms with van der Waals surface area (Å²) in [5, 5.41) is 11.5. The third-order valence-electron chi connectivity index (χ3n) is 8.25. The lowest BCUT2D eigenvalue weighted by Gasteiger charge is -2.61. The van der Waals surface area contributed by atoms with Crippen LogP contribution in [0.2, 0.25) is 0 Å². The van der Waals surface area contributed by atoms with Gasteiger partial charge in [0.05, 0.1) is 19.8 Å². The minimum atomic E-state index is -0.652. The summed E-state index contributed by atoms with van der Waals surface area (Å²) in [4.78, 5) is 0. The first kappa shape index (κ1) is 21.5. The Balaban J connectivity index is 2.04. The van der Waals surface area contributed by atoms with Gasteiger partial charge in [0.15, 0.2) is 11.5 Å². The van der Waals surface area contributed by atoms with Crippen LogP contribution in [0.4, 0.5) is 0 Å². The van der Waals surface area contributed by atoms with Crippen LogP contribution in [0.25, 0.3) is 0 Å². The zero-order valence-electron chi connectivity index (χ0n) is 19.0. The van der Waals surface area contributed by atoms with E-state index in [4.69, 9.17) is 9.47 Å². The smallest absolute Gasteiger partial charge is 0.164 e. The molecule has 3 rings (SSSR count). The average molecular weight is 389 g/mol. The van der Waals surface area contributed by atoms with Crippen molar-refractivity contribution in [3.05, 3.63) is 23.3 Å². The summed E-state index contributed by atoms with van der Waals surface area (Å²) in [6, 6.07) is 4.36. The molecule has 1 aromatic rings. The van der Waals surface area contributed by atoms with Crippen LogP contribution in [0.3, 0.4) is 0 Å². The van der Waals surface area contributed by atoms with Crippen LogP contribution in [0, 0.1) is 22.7 Å². The van der Waals surface area contributed by atoms with Crippen molar-refractivity contribution in [2.75, 3.05) is 14.2 Å². The van der Waals surface area contributed by atoms with Crippen molar-refractivity contribution in [2.45, 2.75) is 85.2 Å². The first-order valence-electron chi connectivity index (χ1n) is 11.1. The van der Waals surface area contributed by atoms with E-state index in [0.717, 1.165) is 42.7 Å². The highest BCUT2D eigenvalue weighted by molar-refractivity contribution is 5.52. The van der Waals surface area contributed by atoms with Gasteiger partial charge in [-0.2, -0.15) is 0 Å². The molecule has 1 N–H and O–H groups in total. The third kappa shape index (κ3) is 3.44. The monoisotopic (exact) mass is 388 g/mol. The first-order valence-corrected chi connectivity index (χ1v) is 11.1. The van der Waals surface area contributed by atoms with E-state index in [1.165, 1.54) is 24.8 Å². The van der Waals surface area contributed by atoms with Crippen molar-refractivity contribution in [3.63, 3.8) is 0 Å². The SMILES string of the molecule is CCc1ccc(CC2C(C)(O)CCC3C(C)(C)CCCC32C)c(OC)c1OC. The minimum Gasteiger partial charge on any atom is -0.493 e. The number of aliphatic hydroxyl groups is 1. The molecular formula is C25H40O3. The third-order valence-corrected chi connectivity index (χ3v) is 8.25. The summed E-state index contributed by atoms with van der Waals surface area (Å²) in [7, 11) is 3.45. The highest BCUT2D eigenvalue weighted by Gasteiger charge is 2.57. The highest BCUT2D eigenvalue weighted by atomic mass is 16.5. The van der Waals surface area contributed by atoms with Gasteiger partial charge < -0.3 is 14.6 Å². The Morgan fingerprint density at radius 1 is 0.964 bits per heavy atom. The van der Waals surface area contributed by atoms with Crippen LogP contribution in [-0.4, -0.2) is 24.9 Å². The number of ether oxygens (including phenoxy) is 2. The number of methoxy groups -OCH3 is 2. The second-order valence-electron chi connectivity index (χ2n) is 10.4. The number of fused-ring (bicyclic) bond motifs is 1. The maximum Gasteiger partial charge on any atom is 0.164 e. The molecule has 28 heavy (non-hydrogen) atoms. The Kier molecular flexibility index (Phi) is 5.80. The van der Waals surface area contributed by atoms with Gasteiger partial charge in [0.1, 0.15) is 0 Å². The molecule has 2 aliphatic carbocycles. The van der Waals surface area contributed by atoms with E-state index in [2.05, 4.69) is 46.8 Å². The van der Waals surface area contributed by atoms with Gasteiger partial charge >= 0.3 is 0 Å². The second-order valence-corrected chi connectivity index (χ2v) is 10.4. The largest absolute Gasteiger partial charge is 0.493 e. The van der Waals surface area contributed by atoms with Gasteiger partial charge in [-0.05, 0) is 79.2 Å². The number of hydrogen-bond donors (Lipinski definition) is 1. The Labute approximate surface area is 171 Å². The number of benzene rings is 1. The standard InChI is InChI=1S/C25H40O3/c1-8-17-10-11-18(22(28-7)21(17)27-6)16-20-24(4)14-9-13-23(2,3)19(24)12-15-25(20,5)26/h10-11,19-20,26H,8-9,12-16H2,1-7H3. The summed E-state index contributed by atoms with van der Waals surface area (Å²) >= 11 is 0. The van der Waals surface area contributed by atoms with E-state index < -0.39 is 5.60 Å². The highest BCUT2D eigenvalue weighted by Crippen LogP contribution is 2.62. The molecule has 0 amide bonds. The molecule has 3 nitrogen and oxygen atoms in total. The van der Waals surface area contributed by atoms with Gasteiger partial charge in [0.2, 0.25) is 0 Å². The molecule has 0 aliphatic heterocycles. The Hall–Kier alpha value is -1.22. The molecule has 0 saturated heterocycles. The molecule has 2 aliphatic rings. The van der Waals surface area contributed by atoms with Crippen molar-refractivity contribution >= 4 is 0 Å². The lowest BCUT2D eigenvalue weighted by molar-refractivity contribution is -0.166. The minimum absolute atomic E-state index is 0.144. The molecule has 158 valence electrons. The molecule has 0 spiro atoms. The van der Waals surface area contributed by atoms with E-state index in [1.54, 1.807) is 14.2 Å². The van der Waals surface area contributed by atoms with E-state index >= 15 is 0 Å². The fraction of sp³-hybridized carbons (Fsp3) is 0.760. The van der Waals surface area contributed by atoms with Crippen LogP contribution in [0.1, 0.15) is 77.8 Å². The molecule has 0 radical (unpaired) electrons. The van der Waals surface area contributed by atoms with Crippen molar-refractivity contribution in [2.24, 2.45) is 22.7 Å². The van der Waals surface area contributed by atoms with Gasteiger partial charge in [-0.25, -0.2) is 0 Å². The summed E-state index contributed by atoms with van der Waals surface area (Å²) in [5.41, 5.74) is 2.16. The van der Waals surface area contributed by atoms with Gasteiger partial charge in [-0.1, -0.05) is 46.2 Å². The van der Waals surface area contributed by atoms with E-state index in [1.807, 2.05) is 0 Å². The summed E-state index contributed by atoms with van der Waals surface area (Å²) in [6.07, 6.45) is 7.51. The second kappa shape index (κ2) is 7.55. The average Bonchev–Trinajstić information content (AvgIpc) is 2.63. The Morgan fingerprint density at radius 2 is 1.57 bits per heavy atom. The summed E-state index contributed by atoms with van der Waals surface area (Å²) in [6.45, 7) is 11.5. The van der Waals surface area contributed by atoms with Crippen LogP contribution in [0.15, 0.2) is 12.1 Å². The van der Waals surface area contributed by atoms with Crippen molar-refractivity contribution < 1.29 is 14.6 Å². The fourth-order valence-electron chi connectivity index (χ4n) is 6.83. The number of aryl methyl sites for hydroxylation is 1. The lowest BCUT2D eigenvalue weighted by atomic mass is 9.45. The van der Waals surface area contributed by atoms with Crippen molar-refractivity contribution in [1.82, 2.24) is 0 Å². The zero-order chi connectivity index (χ0) is 20.7. The van der Waals surface area contributed by atoms with Gasteiger partial charge in [-0.3, -0.25) is 0 Å². The number of hydrogen-bond acceptors (Lipinski definition) is 3. The van der Waals surface area contributed by atoms with Gasteiger partial charge in [0.25, 0.3) is 0 Å². The molecule has 0 aromatic heterocycles.